The van der Waals surface area contributed by atoms with Crippen LogP contribution in [0.15, 0.2) is 12.1 Å². The molecule has 0 atom stereocenters. The fourth-order valence-electron chi connectivity index (χ4n) is 1.12. The van der Waals surface area contributed by atoms with Gasteiger partial charge in [-0.15, -0.1) is 11.3 Å². The van der Waals surface area contributed by atoms with Gasteiger partial charge in [0.15, 0.2) is 6.61 Å². The molecular weight excluding hydrogens is 250 g/mol. The molecule has 86 valence electrons. The fraction of sp³-hybridized carbons (Fsp3) is 0.400. The predicted octanol–water partition coefficient (Wildman–Crippen LogP) is 1.84. The molecule has 0 spiro atoms. The number of carbonyl (C=O) groups is 2. The normalized spacial score (nSPS) is 14.6. The summed E-state index contributed by atoms with van der Waals surface area (Å²) in [5.41, 5.74) is 0. The van der Waals surface area contributed by atoms with Gasteiger partial charge in [-0.25, -0.2) is 4.79 Å². The number of carbonyl (C=O) groups excluding carboxylic acids is 2. The molecule has 1 amide bonds. The average Bonchev–Trinajstić information content (AvgIpc) is 2.95. The van der Waals surface area contributed by atoms with E-state index in [-0.39, 0.29) is 18.6 Å². The average molecular weight is 260 g/mol. The van der Waals surface area contributed by atoms with Crippen molar-refractivity contribution in [3.8, 4) is 0 Å². The molecule has 1 N–H and O–H groups in total. The highest BCUT2D eigenvalue weighted by molar-refractivity contribution is 7.17. The first kappa shape index (κ1) is 11.4. The molecule has 0 saturated heterocycles. The van der Waals surface area contributed by atoms with Crippen LogP contribution in [0.5, 0.6) is 0 Å². The predicted molar refractivity (Wildman–Crippen MR) is 60.8 cm³/mol. The van der Waals surface area contributed by atoms with Gasteiger partial charge < -0.3 is 10.1 Å². The maximum absolute atomic E-state index is 11.4. The van der Waals surface area contributed by atoms with Crippen molar-refractivity contribution < 1.29 is 14.3 Å². The summed E-state index contributed by atoms with van der Waals surface area (Å²) >= 11 is 6.81. The second-order valence-corrected chi connectivity index (χ2v) is 5.24. The smallest absolute Gasteiger partial charge is 0.348 e. The van der Waals surface area contributed by atoms with Crippen LogP contribution >= 0.6 is 22.9 Å². The van der Waals surface area contributed by atoms with Gasteiger partial charge in [-0.3, -0.25) is 4.79 Å². The lowest BCUT2D eigenvalue weighted by atomic mass is 10.5. The van der Waals surface area contributed by atoms with E-state index < -0.39 is 5.97 Å². The Hall–Kier alpha value is -1.07. The first-order valence-corrected chi connectivity index (χ1v) is 6.06. The summed E-state index contributed by atoms with van der Waals surface area (Å²) in [6, 6.07) is 3.48. The number of rotatable bonds is 4. The van der Waals surface area contributed by atoms with Crippen molar-refractivity contribution in [2.24, 2.45) is 0 Å². The van der Waals surface area contributed by atoms with Gasteiger partial charge in [0.25, 0.3) is 5.91 Å². The maximum Gasteiger partial charge on any atom is 0.348 e. The zero-order chi connectivity index (χ0) is 11.5. The monoisotopic (exact) mass is 259 g/mol. The third-order valence-electron chi connectivity index (χ3n) is 2.05. The molecule has 1 aromatic heterocycles. The number of hydrogen-bond acceptors (Lipinski definition) is 4. The Balaban J connectivity index is 1.76. The molecule has 1 aliphatic carbocycles. The van der Waals surface area contributed by atoms with Crippen LogP contribution in [0, 0.1) is 0 Å². The molecule has 0 unspecified atom stereocenters. The number of amides is 1. The summed E-state index contributed by atoms with van der Waals surface area (Å²) in [4.78, 5) is 23.0. The van der Waals surface area contributed by atoms with E-state index in [4.69, 9.17) is 16.3 Å². The minimum Gasteiger partial charge on any atom is -0.451 e. The molecule has 1 fully saturated rings. The summed E-state index contributed by atoms with van der Waals surface area (Å²) in [7, 11) is 0. The van der Waals surface area contributed by atoms with Crippen LogP contribution in [0.3, 0.4) is 0 Å². The number of hydrogen-bond donors (Lipinski definition) is 1. The summed E-state index contributed by atoms with van der Waals surface area (Å²) in [5, 5.41) is 2.73. The quantitative estimate of drug-likeness (QED) is 0.840. The van der Waals surface area contributed by atoms with E-state index in [0.717, 1.165) is 24.2 Å². The summed E-state index contributed by atoms with van der Waals surface area (Å²) in [6.07, 6.45) is 2.03. The highest BCUT2D eigenvalue weighted by atomic mass is 35.5. The Kier molecular flexibility index (Phi) is 3.46. The van der Waals surface area contributed by atoms with E-state index >= 15 is 0 Å². The molecule has 0 bridgehead atoms. The number of ether oxygens (including phenoxy) is 1. The van der Waals surface area contributed by atoms with Gasteiger partial charge in [-0.1, -0.05) is 11.6 Å². The van der Waals surface area contributed by atoms with E-state index in [1.807, 2.05) is 0 Å². The summed E-state index contributed by atoms with van der Waals surface area (Å²) in [5.74, 6) is -0.763. The standard InChI is InChI=1S/C10H10ClNO3S/c11-8-4-3-7(16-8)10(14)15-5-9(13)12-6-1-2-6/h3-4,6H,1-2,5H2,(H,12,13). The Bertz CT molecular complexity index is 414. The van der Waals surface area contributed by atoms with Crippen molar-refractivity contribution in [2.45, 2.75) is 18.9 Å². The number of thiophene rings is 1. The van der Waals surface area contributed by atoms with Crippen molar-refractivity contribution in [1.82, 2.24) is 5.32 Å². The van der Waals surface area contributed by atoms with Gasteiger partial charge in [0.1, 0.15) is 4.88 Å². The maximum atomic E-state index is 11.4. The molecule has 1 heterocycles. The molecule has 16 heavy (non-hydrogen) atoms. The molecule has 4 nitrogen and oxygen atoms in total. The molecule has 0 aliphatic heterocycles. The van der Waals surface area contributed by atoms with Crippen molar-refractivity contribution in [2.75, 3.05) is 6.61 Å². The molecule has 1 aliphatic rings. The molecule has 6 heteroatoms. The van der Waals surface area contributed by atoms with Crippen molar-refractivity contribution in [3.05, 3.63) is 21.3 Å². The molecular formula is C10H10ClNO3S. The van der Waals surface area contributed by atoms with Gasteiger partial charge in [0.2, 0.25) is 0 Å². The van der Waals surface area contributed by atoms with Gasteiger partial charge in [0, 0.05) is 6.04 Å². The highest BCUT2D eigenvalue weighted by Gasteiger charge is 2.23. The van der Waals surface area contributed by atoms with E-state index in [1.165, 1.54) is 0 Å². The van der Waals surface area contributed by atoms with Crippen LogP contribution in [0.1, 0.15) is 22.5 Å². The number of halogens is 1. The van der Waals surface area contributed by atoms with Crippen LogP contribution in [-0.4, -0.2) is 24.5 Å². The van der Waals surface area contributed by atoms with Crippen molar-refractivity contribution in [1.29, 1.82) is 0 Å². The molecule has 1 aromatic rings. The first-order valence-electron chi connectivity index (χ1n) is 4.87. The second-order valence-electron chi connectivity index (χ2n) is 3.52. The SMILES string of the molecule is O=C(COC(=O)c1ccc(Cl)s1)NC1CC1. The van der Waals surface area contributed by atoms with Gasteiger partial charge in [-0.2, -0.15) is 0 Å². The van der Waals surface area contributed by atoms with Crippen molar-refractivity contribution in [3.63, 3.8) is 0 Å². The van der Waals surface area contributed by atoms with E-state index in [2.05, 4.69) is 5.32 Å². The summed E-state index contributed by atoms with van der Waals surface area (Å²) < 4.78 is 5.36. The number of nitrogens with one attached hydrogen (secondary N) is 1. The minimum atomic E-state index is -0.511. The van der Waals surface area contributed by atoms with Crippen LogP contribution in [-0.2, 0) is 9.53 Å². The lowest BCUT2D eigenvalue weighted by Gasteiger charge is -2.03. The summed E-state index contributed by atoms with van der Waals surface area (Å²) in [6.45, 7) is -0.231. The molecule has 2 rings (SSSR count). The third kappa shape index (κ3) is 3.21. The zero-order valence-corrected chi connectivity index (χ0v) is 9.94. The number of esters is 1. The van der Waals surface area contributed by atoms with Crippen LogP contribution in [0.25, 0.3) is 0 Å². The van der Waals surface area contributed by atoms with Crippen LogP contribution in [0.2, 0.25) is 4.34 Å². The van der Waals surface area contributed by atoms with E-state index in [0.29, 0.717) is 9.21 Å². The first-order chi connectivity index (χ1) is 7.65. The van der Waals surface area contributed by atoms with Crippen molar-refractivity contribution >= 4 is 34.8 Å². The van der Waals surface area contributed by atoms with Crippen LogP contribution < -0.4 is 5.32 Å². The zero-order valence-electron chi connectivity index (χ0n) is 8.36. The fourth-order valence-corrected chi connectivity index (χ4v) is 2.06. The second kappa shape index (κ2) is 4.84. The van der Waals surface area contributed by atoms with Gasteiger partial charge in [0.05, 0.1) is 4.34 Å². The Morgan fingerprint density at radius 2 is 2.25 bits per heavy atom. The van der Waals surface area contributed by atoms with Gasteiger partial charge in [-0.05, 0) is 25.0 Å². The Labute approximate surface area is 102 Å². The third-order valence-corrected chi connectivity index (χ3v) is 3.26. The lowest BCUT2D eigenvalue weighted by Crippen LogP contribution is -2.30. The van der Waals surface area contributed by atoms with E-state index in [1.54, 1.807) is 12.1 Å². The topological polar surface area (TPSA) is 55.4 Å². The largest absolute Gasteiger partial charge is 0.451 e. The molecule has 1 saturated carbocycles. The van der Waals surface area contributed by atoms with E-state index in [9.17, 15) is 9.59 Å². The van der Waals surface area contributed by atoms with Gasteiger partial charge >= 0.3 is 5.97 Å². The Morgan fingerprint density at radius 3 is 2.81 bits per heavy atom. The Morgan fingerprint density at radius 1 is 1.50 bits per heavy atom. The lowest BCUT2D eigenvalue weighted by molar-refractivity contribution is -0.124. The molecule has 0 aromatic carbocycles. The van der Waals surface area contributed by atoms with Crippen LogP contribution in [0.4, 0.5) is 0 Å². The minimum absolute atomic E-state index is 0.231. The highest BCUT2D eigenvalue weighted by Crippen LogP contribution is 2.22. The molecule has 0 radical (unpaired) electrons.